The molecule has 1 unspecified atom stereocenters. The van der Waals surface area contributed by atoms with Crippen LogP contribution in [0, 0.1) is 0 Å². The van der Waals surface area contributed by atoms with E-state index in [1.54, 1.807) is 0 Å². The number of benzene rings is 2. The minimum absolute atomic E-state index is 0.00655. The molecule has 1 atom stereocenters. The number of hydrogen-bond acceptors (Lipinski definition) is 2. The number of nitrogens with zero attached hydrogens (tertiary/aromatic N) is 2. The fraction of sp³-hybridized carbons (Fsp3) is 0.316. The molecular formula is C19H20Cl2N2O. The largest absolute Gasteiger partial charge is 0.332 e. The molecular weight excluding hydrogens is 343 g/mol. The van der Waals surface area contributed by atoms with Gasteiger partial charge >= 0.3 is 0 Å². The molecule has 0 bridgehead atoms. The number of alkyl halides is 1. The predicted molar refractivity (Wildman–Crippen MR) is 98.3 cm³/mol. The lowest BCUT2D eigenvalue weighted by Crippen LogP contribution is -2.50. The van der Waals surface area contributed by atoms with E-state index in [1.807, 2.05) is 41.3 Å². The van der Waals surface area contributed by atoms with E-state index in [0.717, 1.165) is 30.2 Å². The van der Waals surface area contributed by atoms with Crippen molar-refractivity contribution in [2.24, 2.45) is 0 Å². The molecule has 5 heteroatoms. The molecule has 0 aliphatic carbocycles. The van der Waals surface area contributed by atoms with Crippen LogP contribution in [0.15, 0.2) is 54.6 Å². The number of piperazine rings is 1. The number of hydrogen-bond donors (Lipinski definition) is 0. The first-order valence-electron chi connectivity index (χ1n) is 8.04. The number of carbonyl (C=O) groups excluding carboxylic acids is 1. The van der Waals surface area contributed by atoms with Crippen molar-refractivity contribution in [1.82, 2.24) is 9.80 Å². The quantitative estimate of drug-likeness (QED) is 0.768. The fourth-order valence-electron chi connectivity index (χ4n) is 3.21. The topological polar surface area (TPSA) is 23.6 Å². The highest BCUT2D eigenvalue weighted by atomic mass is 35.5. The molecule has 1 aliphatic heterocycles. The molecule has 0 radical (unpaired) electrons. The lowest BCUT2D eigenvalue weighted by atomic mass is 10.0. The van der Waals surface area contributed by atoms with Gasteiger partial charge in [0.05, 0.1) is 6.04 Å². The molecule has 2 aromatic carbocycles. The van der Waals surface area contributed by atoms with Gasteiger partial charge in [-0.2, -0.15) is 0 Å². The lowest BCUT2D eigenvalue weighted by Gasteiger charge is -2.41. The molecule has 3 rings (SSSR count). The van der Waals surface area contributed by atoms with E-state index in [0.29, 0.717) is 6.54 Å². The van der Waals surface area contributed by atoms with Crippen LogP contribution in [0.1, 0.15) is 17.2 Å². The average Bonchev–Trinajstić information content (AvgIpc) is 2.62. The summed E-state index contributed by atoms with van der Waals surface area (Å²) < 4.78 is 0. The zero-order valence-electron chi connectivity index (χ0n) is 13.4. The summed E-state index contributed by atoms with van der Waals surface area (Å²) in [4.78, 5) is 16.5. The second-order valence-corrected chi connectivity index (χ2v) is 6.72. The van der Waals surface area contributed by atoms with Crippen molar-refractivity contribution in [3.63, 3.8) is 0 Å². The van der Waals surface area contributed by atoms with Gasteiger partial charge in [0, 0.05) is 31.2 Å². The minimum Gasteiger partial charge on any atom is -0.332 e. The van der Waals surface area contributed by atoms with Gasteiger partial charge in [0.15, 0.2) is 0 Å². The summed E-state index contributed by atoms with van der Waals surface area (Å²) in [6.07, 6.45) is 0. The standard InChI is InChI=1S/C19H20Cl2N2O/c20-12-19(24)23-10-9-22(13-15-5-4-8-17(21)11-15)14-18(23)16-6-2-1-3-7-16/h1-8,11,18H,9-10,12-14H2. The Morgan fingerprint density at radius 3 is 2.58 bits per heavy atom. The first-order valence-corrected chi connectivity index (χ1v) is 8.96. The van der Waals surface area contributed by atoms with Crippen LogP contribution < -0.4 is 0 Å². The Kier molecular flexibility index (Phi) is 5.77. The van der Waals surface area contributed by atoms with Crippen molar-refractivity contribution >= 4 is 29.1 Å². The Labute approximate surface area is 152 Å². The molecule has 2 aromatic rings. The number of amides is 1. The monoisotopic (exact) mass is 362 g/mol. The summed E-state index contributed by atoms with van der Waals surface area (Å²) in [7, 11) is 0. The van der Waals surface area contributed by atoms with E-state index in [9.17, 15) is 4.79 Å². The minimum atomic E-state index is -0.00655. The highest BCUT2D eigenvalue weighted by Gasteiger charge is 2.30. The molecule has 0 saturated carbocycles. The van der Waals surface area contributed by atoms with Crippen LogP contribution in [0.25, 0.3) is 0 Å². The van der Waals surface area contributed by atoms with E-state index in [2.05, 4.69) is 23.1 Å². The summed E-state index contributed by atoms with van der Waals surface area (Å²) in [6, 6.07) is 18.1. The second kappa shape index (κ2) is 8.02. The molecule has 1 saturated heterocycles. The molecule has 0 N–H and O–H groups in total. The third-order valence-electron chi connectivity index (χ3n) is 4.38. The van der Waals surface area contributed by atoms with Gasteiger partial charge in [-0.1, -0.05) is 54.1 Å². The highest BCUT2D eigenvalue weighted by molar-refractivity contribution is 6.30. The van der Waals surface area contributed by atoms with Gasteiger partial charge in [0.25, 0.3) is 0 Å². The maximum absolute atomic E-state index is 12.2. The molecule has 24 heavy (non-hydrogen) atoms. The normalized spacial score (nSPS) is 18.6. The van der Waals surface area contributed by atoms with Crippen LogP contribution in [-0.4, -0.2) is 41.2 Å². The molecule has 1 amide bonds. The summed E-state index contributed by atoms with van der Waals surface area (Å²) in [5, 5.41) is 0.753. The van der Waals surface area contributed by atoms with Gasteiger partial charge in [-0.3, -0.25) is 9.69 Å². The molecule has 1 fully saturated rings. The first kappa shape index (κ1) is 17.3. The Balaban J connectivity index is 1.78. The number of carbonyl (C=O) groups is 1. The third kappa shape index (κ3) is 4.10. The SMILES string of the molecule is O=C(CCl)N1CCN(Cc2cccc(Cl)c2)CC1c1ccccc1. The van der Waals surface area contributed by atoms with Crippen molar-refractivity contribution in [2.45, 2.75) is 12.6 Å². The Morgan fingerprint density at radius 2 is 1.88 bits per heavy atom. The van der Waals surface area contributed by atoms with Crippen molar-refractivity contribution in [2.75, 3.05) is 25.5 Å². The summed E-state index contributed by atoms with van der Waals surface area (Å²) >= 11 is 11.9. The van der Waals surface area contributed by atoms with E-state index in [1.165, 1.54) is 5.56 Å². The Morgan fingerprint density at radius 1 is 1.08 bits per heavy atom. The van der Waals surface area contributed by atoms with Gasteiger partial charge in [-0.25, -0.2) is 0 Å². The van der Waals surface area contributed by atoms with E-state index in [-0.39, 0.29) is 17.8 Å². The maximum Gasteiger partial charge on any atom is 0.238 e. The molecule has 1 aliphatic rings. The van der Waals surface area contributed by atoms with Crippen LogP contribution in [-0.2, 0) is 11.3 Å². The predicted octanol–water partition coefficient (Wildman–Crippen LogP) is 3.96. The molecule has 1 heterocycles. The fourth-order valence-corrected chi connectivity index (χ4v) is 3.58. The molecule has 126 valence electrons. The van der Waals surface area contributed by atoms with Crippen molar-refractivity contribution < 1.29 is 4.79 Å². The van der Waals surface area contributed by atoms with Crippen LogP contribution >= 0.6 is 23.2 Å². The van der Waals surface area contributed by atoms with Crippen molar-refractivity contribution in [1.29, 1.82) is 0 Å². The maximum atomic E-state index is 12.2. The smallest absolute Gasteiger partial charge is 0.238 e. The molecule has 0 spiro atoms. The Hall–Kier alpha value is -1.55. The zero-order valence-corrected chi connectivity index (χ0v) is 14.9. The third-order valence-corrected chi connectivity index (χ3v) is 4.84. The van der Waals surface area contributed by atoms with E-state index >= 15 is 0 Å². The number of halogens is 2. The van der Waals surface area contributed by atoms with Gasteiger partial charge in [0.2, 0.25) is 5.91 Å². The summed E-state index contributed by atoms with van der Waals surface area (Å²) in [5.41, 5.74) is 2.33. The van der Waals surface area contributed by atoms with Crippen LogP contribution in [0.2, 0.25) is 5.02 Å². The zero-order chi connectivity index (χ0) is 16.9. The van der Waals surface area contributed by atoms with Crippen LogP contribution in [0.5, 0.6) is 0 Å². The Bertz CT molecular complexity index is 693. The van der Waals surface area contributed by atoms with Crippen LogP contribution in [0.4, 0.5) is 0 Å². The summed E-state index contributed by atoms with van der Waals surface area (Å²) in [5.74, 6) is 0.0189. The van der Waals surface area contributed by atoms with Crippen molar-refractivity contribution in [3.8, 4) is 0 Å². The highest BCUT2D eigenvalue weighted by Crippen LogP contribution is 2.27. The summed E-state index contributed by atoms with van der Waals surface area (Å²) in [6.45, 7) is 3.14. The van der Waals surface area contributed by atoms with Gasteiger partial charge < -0.3 is 4.90 Å². The van der Waals surface area contributed by atoms with Gasteiger partial charge in [-0.15, -0.1) is 11.6 Å². The molecule has 0 aromatic heterocycles. The van der Waals surface area contributed by atoms with E-state index < -0.39 is 0 Å². The van der Waals surface area contributed by atoms with Crippen molar-refractivity contribution in [3.05, 3.63) is 70.7 Å². The average molecular weight is 363 g/mol. The molecule has 3 nitrogen and oxygen atoms in total. The lowest BCUT2D eigenvalue weighted by molar-refractivity contribution is -0.133. The van der Waals surface area contributed by atoms with E-state index in [4.69, 9.17) is 23.2 Å². The van der Waals surface area contributed by atoms with Gasteiger partial charge in [-0.05, 0) is 23.3 Å². The second-order valence-electron chi connectivity index (χ2n) is 6.01. The first-order chi connectivity index (χ1) is 11.7. The van der Waals surface area contributed by atoms with Gasteiger partial charge in [0.1, 0.15) is 5.88 Å². The number of rotatable bonds is 4. The van der Waals surface area contributed by atoms with Crippen LogP contribution in [0.3, 0.4) is 0 Å².